The Balaban J connectivity index is 0. The Morgan fingerprint density at radius 3 is 1.92 bits per heavy atom. The van der Waals surface area contributed by atoms with Gasteiger partial charge in [-0.3, -0.25) is 19.2 Å². The Morgan fingerprint density at radius 2 is 1.66 bits per heavy atom. The molecule has 1 heterocycles. The number of hydrogen-bond acceptors (Lipinski definition) is 8. The van der Waals surface area contributed by atoms with Crippen LogP contribution in [-0.4, -0.2) is 58.8 Å². The van der Waals surface area contributed by atoms with Crippen LogP contribution in [0.5, 0.6) is 0 Å². The average Bonchev–Trinajstić information content (AvgIpc) is 3.14. The predicted molar refractivity (Wildman–Crippen MR) is 148 cm³/mol. The molecule has 1 saturated heterocycles. The molecule has 38 heavy (non-hydrogen) atoms. The molecule has 9 heteroatoms. The molecule has 220 valence electrons. The molecule has 0 bridgehead atoms. The largest absolute Gasteiger partial charge is 0.481 e. The highest BCUT2D eigenvalue weighted by Crippen LogP contribution is 2.30. The van der Waals surface area contributed by atoms with Crippen molar-refractivity contribution in [2.24, 2.45) is 34.3 Å². The van der Waals surface area contributed by atoms with Crippen molar-refractivity contribution in [1.29, 1.82) is 0 Å². The van der Waals surface area contributed by atoms with Crippen LogP contribution in [0.4, 0.5) is 0 Å². The lowest BCUT2D eigenvalue weighted by Crippen LogP contribution is -2.40. The minimum atomic E-state index is -0.955. The van der Waals surface area contributed by atoms with Gasteiger partial charge in [-0.1, -0.05) is 39.8 Å². The van der Waals surface area contributed by atoms with Crippen LogP contribution in [0.25, 0.3) is 0 Å². The summed E-state index contributed by atoms with van der Waals surface area (Å²) in [7, 11) is 0. The van der Waals surface area contributed by atoms with E-state index in [9.17, 15) is 19.2 Å². The molecule has 0 aromatic rings. The van der Waals surface area contributed by atoms with Crippen molar-refractivity contribution < 1.29 is 38.9 Å². The van der Waals surface area contributed by atoms with Crippen LogP contribution < -0.4 is 5.73 Å². The maximum Gasteiger partial charge on any atom is 0.323 e. The van der Waals surface area contributed by atoms with E-state index in [1.54, 1.807) is 26.8 Å². The lowest BCUT2D eigenvalue weighted by atomic mass is 9.77. The van der Waals surface area contributed by atoms with Gasteiger partial charge in [-0.05, 0) is 52.9 Å². The van der Waals surface area contributed by atoms with Gasteiger partial charge in [0.05, 0.1) is 17.9 Å². The molecule has 9 nitrogen and oxygen atoms in total. The Bertz CT molecular complexity index is 814. The van der Waals surface area contributed by atoms with Crippen LogP contribution in [0.3, 0.4) is 0 Å². The van der Waals surface area contributed by atoms with E-state index in [1.807, 2.05) is 41.5 Å². The van der Waals surface area contributed by atoms with Crippen LogP contribution in [0.1, 0.15) is 81.6 Å². The number of carboxylic acid groups (broad SMARTS) is 1. The highest BCUT2D eigenvalue weighted by molar-refractivity contribution is 5.89. The third kappa shape index (κ3) is 13.3. The molecule has 0 aromatic heterocycles. The number of aliphatic carboxylic acids is 1. The molecule has 4 atom stereocenters. The van der Waals surface area contributed by atoms with Crippen molar-refractivity contribution in [3.05, 3.63) is 25.3 Å². The summed E-state index contributed by atoms with van der Waals surface area (Å²) in [6.45, 7) is 24.0. The Labute approximate surface area is 228 Å². The summed E-state index contributed by atoms with van der Waals surface area (Å²) in [5, 5.41) is 18.0. The third-order valence-corrected chi connectivity index (χ3v) is 6.41. The third-order valence-electron chi connectivity index (χ3n) is 6.41. The number of nitrogens with two attached hydrogens (primary N) is 1. The molecule has 0 radical (unpaired) electrons. The fraction of sp³-hybridized carbons (Fsp3) is 0.724. The number of aliphatic hydroxyl groups is 1. The predicted octanol–water partition coefficient (Wildman–Crippen LogP) is 4.31. The van der Waals surface area contributed by atoms with Crippen molar-refractivity contribution in [3.8, 4) is 0 Å². The number of rotatable bonds is 11. The summed E-state index contributed by atoms with van der Waals surface area (Å²) in [6, 6.07) is -0.510. The summed E-state index contributed by atoms with van der Waals surface area (Å²) in [6.07, 6.45) is 4.18. The van der Waals surface area contributed by atoms with Crippen LogP contribution in [-0.2, 0) is 28.7 Å². The van der Waals surface area contributed by atoms with Gasteiger partial charge in [-0.15, -0.1) is 13.2 Å². The van der Waals surface area contributed by atoms with Gasteiger partial charge in [-0.25, -0.2) is 0 Å². The van der Waals surface area contributed by atoms with Crippen LogP contribution in [0.2, 0.25) is 0 Å². The number of allylic oxidation sites excluding steroid dienone is 1. The van der Waals surface area contributed by atoms with Crippen molar-refractivity contribution in [2.75, 3.05) is 13.2 Å². The highest BCUT2D eigenvalue weighted by Gasteiger charge is 2.36. The number of carbonyl (C=O) groups excluding carboxylic acids is 3. The first-order valence-corrected chi connectivity index (χ1v) is 13.0. The first-order chi connectivity index (χ1) is 17.2. The molecule has 0 amide bonds. The normalized spacial score (nSPS) is 20.0. The fourth-order valence-corrected chi connectivity index (χ4v) is 3.08. The van der Waals surface area contributed by atoms with E-state index in [-0.39, 0.29) is 49.0 Å². The summed E-state index contributed by atoms with van der Waals surface area (Å²) in [5.41, 5.74) is 3.91. The van der Waals surface area contributed by atoms with E-state index in [0.717, 1.165) is 6.42 Å². The molecule has 1 aliphatic rings. The maximum atomic E-state index is 12.1. The zero-order chi connectivity index (χ0) is 30.5. The monoisotopic (exact) mass is 541 g/mol. The van der Waals surface area contributed by atoms with E-state index in [1.165, 1.54) is 6.08 Å². The zero-order valence-corrected chi connectivity index (χ0v) is 24.8. The Kier molecular flexibility index (Phi) is 16.3. The summed E-state index contributed by atoms with van der Waals surface area (Å²) in [4.78, 5) is 45.2. The Hall–Kier alpha value is -2.52. The molecule has 0 spiro atoms. The number of Topliss-reactive ketones (excluding diaryl/α,β-unsaturated/α-hetero) is 1. The first kappa shape index (κ1) is 37.6. The van der Waals surface area contributed by atoms with Gasteiger partial charge in [0.2, 0.25) is 0 Å². The number of aliphatic hydroxyl groups excluding tert-OH is 1. The first-order valence-electron chi connectivity index (χ1n) is 13.0. The van der Waals surface area contributed by atoms with Crippen molar-refractivity contribution in [1.82, 2.24) is 0 Å². The number of hydrogen-bond donors (Lipinski definition) is 3. The number of ketones is 1. The van der Waals surface area contributed by atoms with E-state index >= 15 is 0 Å². The second-order valence-corrected chi connectivity index (χ2v) is 11.7. The quantitative estimate of drug-likeness (QED) is 0.256. The van der Waals surface area contributed by atoms with Crippen molar-refractivity contribution >= 4 is 23.7 Å². The minimum absolute atomic E-state index is 0.0183. The number of ether oxygens (including phenoxy) is 2. The topological polar surface area (TPSA) is 153 Å². The Morgan fingerprint density at radius 1 is 1.13 bits per heavy atom. The van der Waals surface area contributed by atoms with Gasteiger partial charge in [0, 0.05) is 24.9 Å². The smallest absolute Gasteiger partial charge is 0.323 e. The van der Waals surface area contributed by atoms with E-state index < -0.39 is 34.4 Å². The molecule has 0 aromatic carbocycles. The van der Waals surface area contributed by atoms with E-state index in [2.05, 4.69) is 13.2 Å². The number of cyclic esters (lactones) is 1. The average molecular weight is 542 g/mol. The standard InChI is InChI=1S/C13H22O4.C9H19NO2.C7H10O2/c1-5-13(4,6-7-14)11(15)8-10(9(2)3)12(16)17;1-6(2)7(10)8(11)12-9(3,4)5;1-3-7(2)4-5-9-6(7)8/h5,9-10,14H,1,6-8H2,2-4H3,(H,16,17);6-7H,10H2,1-5H3;3H,1,4-5H2,2H3/t10-,13?;7-;/m00./s1. The molecule has 0 saturated carbocycles. The summed E-state index contributed by atoms with van der Waals surface area (Å²) >= 11 is 0. The van der Waals surface area contributed by atoms with Gasteiger partial charge in [0.15, 0.2) is 0 Å². The lowest BCUT2D eigenvalue weighted by molar-refractivity contribution is -0.157. The number of esters is 2. The molecule has 1 aliphatic heterocycles. The van der Waals surface area contributed by atoms with Crippen molar-refractivity contribution in [2.45, 2.75) is 93.2 Å². The fourth-order valence-electron chi connectivity index (χ4n) is 3.08. The van der Waals surface area contributed by atoms with Crippen LogP contribution in [0, 0.1) is 28.6 Å². The SMILES string of the molecule is C=CC(C)(CCO)C(=O)C[C@H](C(=O)O)C(C)C.C=CC1(C)CCOC1=O.CC(C)[C@H](N)C(=O)OC(C)(C)C. The second-order valence-electron chi connectivity index (χ2n) is 11.7. The second kappa shape index (κ2) is 16.4. The van der Waals surface area contributed by atoms with Gasteiger partial charge >= 0.3 is 17.9 Å². The molecular formula is C29H51NO8. The molecular weight excluding hydrogens is 490 g/mol. The minimum Gasteiger partial charge on any atom is -0.481 e. The molecule has 2 unspecified atom stereocenters. The van der Waals surface area contributed by atoms with Crippen LogP contribution >= 0.6 is 0 Å². The number of carbonyl (C=O) groups is 4. The van der Waals surface area contributed by atoms with Gasteiger partial charge in [-0.2, -0.15) is 0 Å². The summed E-state index contributed by atoms with van der Waals surface area (Å²) in [5.74, 6) is -2.25. The molecule has 1 fully saturated rings. The highest BCUT2D eigenvalue weighted by atomic mass is 16.6. The van der Waals surface area contributed by atoms with E-state index in [0.29, 0.717) is 6.61 Å². The van der Waals surface area contributed by atoms with Gasteiger partial charge < -0.3 is 25.4 Å². The van der Waals surface area contributed by atoms with Gasteiger partial charge in [0.1, 0.15) is 17.4 Å². The van der Waals surface area contributed by atoms with E-state index in [4.69, 9.17) is 25.4 Å². The lowest BCUT2D eigenvalue weighted by Gasteiger charge is -2.26. The van der Waals surface area contributed by atoms with Crippen LogP contribution in [0.15, 0.2) is 25.3 Å². The number of carboxylic acids is 1. The van der Waals surface area contributed by atoms with Crippen molar-refractivity contribution in [3.63, 3.8) is 0 Å². The molecule has 4 N–H and O–H groups in total. The molecule has 1 rings (SSSR count). The maximum absolute atomic E-state index is 12.1. The summed E-state index contributed by atoms with van der Waals surface area (Å²) < 4.78 is 9.85. The zero-order valence-electron chi connectivity index (χ0n) is 24.8. The van der Waals surface area contributed by atoms with Gasteiger partial charge in [0.25, 0.3) is 0 Å². The molecule has 0 aliphatic carbocycles.